The number of hydrogen-bond donors (Lipinski definition) is 1. The Balaban J connectivity index is 0.00000324. The van der Waals surface area contributed by atoms with Gasteiger partial charge in [-0.2, -0.15) is 13.2 Å². The van der Waals surface area contributed by atoms with E-state index in [1.54, 1.807) is 30.3 Å². The maximum absolute atomic E-state index is 13.6. The quantitative estimate of drug-likeness (QED) is 0.515. The highest BCUT2D eigenvalue weighted by Crippen LogP contribution is 2.30. The molecule has 0 aliphatic carbocycles. The predicted molar refractivity (Wildman–Crippen MR) is 140 cm³/mol. The van der Waals surface area contributed by atoms with Crippen molar-refractivity contribution in [3.8, 4) is 0 Å². The van der Waals surface area contributed by atoms with Crippen molar-refractivity contribution in [1.29, 1.82) is 0 Å². The highest BCUT2D eigenvalue weighted by Gasteiger charge is 2.44. The average Bonchev–Trinajstić information content (AvgIpc) is 2.79. The summed E-state index contributed by atoms with van der Waals surface area (Å²) >= 11 is 6.26. The fourth-order valence-corrected chi connectivity index (χ4v) is 4.06. The molecule has 2 aromatic carbocycles. The number of rotatable bonds is 8. The summed E-state index contributed by atoms with van der Waals surface area (Å²) < 4.78 is 40.7. The first-order valence-corrected chi connectivity index (χ1v) is 11.3. The minimum Gasteiger partial charge on any atom is -0.335 e. The molecular weight excluding hydrogens is 540 g/mol. The normalized spacial score (nSPS) is 12.8. The Morgan fingerprint density at radius 1 is 1.03 bits per heavy atom. The first-order valence-electron chi connectivity index (χ1n) is 10.9. The summed E-state index contributed by atoms with van der Waals surface area (Å²) in [7, 11) is 3.67. The number of carbonyl (C=O) groups excluding carboxylic acids is 2. The molecule has 1 N–H and O–H groups in total. The topological polar surface area (TPSA) is 55.9 Å². The highest BCUT2D eigenvalue weighted by atomic mass is 35.5. The van der Waals surface area contributed by atoms with Gasteiger partial charge in [0.2, 0.25) is 5.91 Å². The lowest BCUT2D eigenvalue weighted by molar-refractivity contribution is -0.170. The van der Waals surface area contributed by atoms with Crippen molar-refractivity contribution in [2.75, 3.05) is 45.2 Å². The SMILES string of the molecule is CN(C)CCN(Cc1ccccc1Cl)C(=O)CN(C(=O)C(F)(F)F)c1cccc2c1CCNC2.Cl.Cl. The van der Waals surface area contributed by atoms with Gasteiger partial charge in [0.15, 0.2) is 0 Å². The Labute approximate surface area is 226 Å². The predicted octanol–water partition coefficient (Wildman–Crippen LogP) is 4.32. The Morgan fingerprint density at radius 2 is 1.72 bits per heavy atom. The molecule has 0 saturated heterocycles. The van der Waals surface area contributed by atoms with Gasteiger partial charge < -0.3 is 15.1 Å². The van der Waals surface area contributed by atoms with Crippen molar-refractivity contribution >= 4 is 53.9 Å². The summed E-state index contributed by atoms with van der Waals surface area (Å²) in [5, 5.41) is 3.62. The second kappa shape index (κ2) is 14.0. The highest BCUT2D eigenvalue weighted by molar-refractivity contribution is 6.31. The molecule has 0 aromatic heterocycles. The first-order chi connectivity index (χ1) is 16.1. The molecule has 6 nitrogen and oxygen atoms in total. The van der Waals surface area contributed by atoms with Crippen LogP contribution in [0.25, 0.3) is 0 Å². The average molecular weight is 570 g/mol. The van der Waals surface area contributed by atoms with E-state index in [1.807, 2.05) is 25.1 Å². The summed E-state index contributed by atoms with van der Waals surface area (Å²) in [6.07, 6.45) is -4.65. The number of alkyl halides is 3. The van der Waals surface area contributed by atoms with E-state index in [9.17, 15) is 22.8 Å². The fourth-order valence-electron chi connectivity index (χ4n) is 3.86. The summed E-state index contributed by atoms with van der Waals surface area (Å²) in [4.78, 5) is 29.7. The summed E-state index contributed by atoms with van der Waals surface area (Å²) in [6, 6.07) is 11.9. The molecule has 1 aliphatic rings. The van der Waals surface area contributed by atoms with Crippen LogP contribution in [0.15, 0.2) is 42.5 Å². The molecule has 2 amide bonds. The molecule has 2 aromatic rings. The van der Waals surface area contributed by atoms with E-state index in [0.717, 1.165) is 5.56 Å². The molecule has 0 spiro atoms. The number of nitrogens with one attached hydrogen (secondary N) is 1. The molecule has 200 valence electrons. The molecule has 0 saturated carbocycles. The molecule has 0 radical (unpaired) electrons. The van der Waals surface area contributed by atoms with Crippen LogP contribution in [0.3, 0.4) is 0 Å². The second-order valence-electron chi connectivity index (χ2n) is 8.44. The van der Waals surface area contributed by atoms with E-state index in [2.05, 4.69) is 5.32 Å². The lowest BCUT2D eigenvalue weighted by atomic mass is 9.98. The Kier molecular flexibility index (Phi) is 12.5. The lowest BCUT2D eigenvalue weighted by Crippen LogP contribution is -2.49. The number of halogens is 6. The molecule has 1 heterocycles. The summed E-state index contributed by atoms with van der Waals surface area (Å²) in [5.74, 6) is -2.65. The molecule has 0 fully saturated rings. The third-order valence-corrected chi connectivity index (χ3v) is 6.04. The maximum Gasteiger partial charge on any atom is 0.471 e. The van der Waals surface area contributed by atoms with Gasteiger partial charge >= 0.3 is 12.1 Å². The minimum atomic E-state index is -5.12. The smallest absolute Gasteiger partial charge is 0.335 e. The zero-order valence-corrected chi connectivity index (χ0v) is 22.4. The Morgan fingerprint density at radius 3 is 2.36 bits per heavy atom. The second-order valence-corrected chi connectivity index (χ2v) is 8.85. The summed E-state index contributed by atoms with van der Waals surface area (Å²) in [5.41, 5.74) is 2.27. The van der Waals surface area contributed by atoms with E-state index < -0.39 is 24.5 Å². The van der Waals surface area contributed by atoms with E-state index in [-0.39, 0.29) is 43.6 Å². The van der Waals surface area contributed by atoms with E-state index in [4.69, 9.17) is 11.6 Å². The van der Waals surface area contributed by atoms with Crippen molar-refractivity contribution in [3.05, 3.63) is 64.2 Å². The standard InChI is InChI=1S/C24H28ClF3N4O2.2ClH/c1-30(2)12-13-31(15-18-6-3-4-8-20(18)25)22(33)16-32(23(34)24(26,27)28)21-9-5-7-17-14-29-11-10-19(17)21;;/h3-9,29H,10-16H2,1-2H3;2*1H. The first kappa shape index (κ1) is 32.0. The molecule has 0 unspecified atom stereocenters. The maximum atomic E-state index is 13.6. The third kappa shape index (κ3) is 8.24. The lowest BCUT2D eigenvalue weighted by Gasteiger charge is -2.31. The number of nitrogens with zero attached hydrogens (tertiary/aromatic N) is 3. The molecule has 0 atom stereocenters. The zero-order valence-electron chi connectivity index (χ0n) is 20.0. The van der Waals surface area contributed by atoms with Gasteiger partial charge in [0.25, 0.3) is 0 Å². The van der Waals surface area contributed by atoms with Crippen LogP contribution >= 0.6 is 36.4 Å². The number of amides is 2. The van der Waals surface area contributed by atoms with Crippen molar-refractivity contribution in [2.24, 2.45) is 0 Å². The van der Waals surface area contributed by atoms with E-state index >= 15 is 0 Å². The number of benzene rings is 2. The van der Waals surface area contributed by atoms with Gasteiger partial charge in [0.05, 0.1) is 0 Å². The van der Waals surface area contributed by atoms with Crippen LogP contribution in [0, 0.1) is 0 Å². The van der Waals surface area contributed by atoms with Crippen molar-refractivity contribution in [2.45, 2.75) is 25.7 Å². The number of hydrogen-bond acceptors (Lipinski definition) is 4. The van der Waals surface area contributed by atoms with E-state index in [1.165, 1.54) is 11.0 Å². The zero-order chi connectivity index (χ0) is 24.9. The molecule has 3 rings (SSSR count). The molecule has 36 heavy (non-hydrogen) atoms. The summed E-state index contributed by atoms with van der Waals surface area (Å²) in [6.45, 7) is 1.23. The molecule has 0 bridgehead atoms. The number of likely N-dealkylation sites (N-methyl/N-ethyl adjacent to an activating group) is 1. The third-order valence-electron chi connectivity index (χ3n) is 5.68. The van der Waals surface area contributed by atoms with Gasteiger partial charge in [-0.05, 0) is 55.9 Å². The van der Waals surface area contributed by atoms with E-state index in [0.29, 0.717) is 47.1 Å². The van der Waals surface area contributed by atoms with Crippen molar-refractivity contribution < 1.29 is 22.8 Å². The van der Waals surface area contributed by atoms with Crippen LogP contribution < -0.4 is 10.2 Å². The minimum absolute atomic E-state index is 0. The van der Waals surface area contributed by atoms with Gasteiger partial charge in [0.1, 0.15) is 6.54 Å². The van der Waals surface area contributed by atoms with Crippen LogP contribution in [0.2, 0.25) is 5.02 Å². The van der Waals surface area contributed by atoms with Crippen LogP contribution in [-0.2, 0) is 29.1 Å². The van der Waals surface area contributed by atoms with Gasteiger partial charge in [-0.3, -0.25) is 14.5 Å². The van der Waals surface area contributed by atoms with Crippen LogP contribution in [0.4, 0.5) is 18.9 Å². The van der Waals surface area contributed by atoms with Crippen LogP contribution in [-0.4, -0.2) is 68.1 Å². The number of fused-ring (bicyclic) bond motifs is 1. The van der Waals surface area contributed by atoms with Gasteiger partial charge in [-0.15, -0.1) is 24.8 Å². The Hall–Kier alpha value is -2.04. The Bertz CT molecular complexity index is 1040. The van der Waals surface area contributed by atoms with Gasteiger partial charge in [-0.1, -0.05) is 41.9 Å². The number of carbonyl (C=O) groups is 2. The monoisotopic (exact) mass is 568 g/mol. The fraction of sp³-hybridized carbons (Fsp3) is 0.417. The van der Waals surface area contributed by atoms with Gasteiger partial charge in [0, 0.05) is 36.9 Å². The van der Waals surface area contributed by atoms with Crippen molar-refractivity contribution in [1.82, 2.24) is 15.1 Å². The number of anilines is 1. The van der Waals surface area contributed by atoms with Crippen molar-refractivity contribution in [3.63, 3.8) is 0 Å². The van der Waals surface area contributed by atoms with Crippen LogP contribution in [0.5, 0.6) is 0 Å². The molecule has 1 aliphatic heterocycles. The van der Waals surface area contributed by atoms with Crippen LogP contribution in [0.1, 0.15) is 16.7 Å². The molecular formula is C24H30Cl3F3N4O2. The molecule has 12 heteroatoms. The largest absolute Gasteiger partial charge is 0.471 e. The van der Waals surface area contributed by atoms with Gasteiger partial charge in [-0.25, -0.2) is 0 Å².